The highest BCUT2D eigenvalue weighted by Crippen LogP contribution is 2.22. The average Bonchev–Trinajstić information content (AvgIpc) is 2.65. The second kappa shape index (κ2) is 5.99. The predicted molar refractivity (Wildman–Crippen MR) is 64.4 cm³/mol. The van der Waals surface area contributed by atoms with Crippen LogP contribution >= 0.6 is 0 Å². The van der Waals surface area contributed by atoms with E-state index in [4.69, 9.17) is 5.11 Å². The van der Waals surface area contributed by atoms with Gasteiger partial charge in [0.1, 0.15) is 6.04 Å². The van der Waals surface area contributed by atoms with Crippen molar-refractivity contribution in [3.8, 4) is 0 Å². The molecule has 8 nitrogen and oxygen atoms in total. The molecule has 1 atom stereocenters. The van der Waals surface area contributed by atoms with E-state index in [0.29, 0.717) is 6.42 Å². The Hall–Kier alpha value is -2.12. The maximum absolute atomic E-state index is 11.1. The zero-order chi connectivity index (χ0) is 13.7. The lowest BCUT2D eigenvalue weighted by atomic mass is 10.1. The predicted octanol–water partition coefficient (Wildman–Crippen LogP) is 1.38. The smallest absolute Gasteiger partial charge is 0.406 e. The van der Waals surface area contributed by atoms with E-state index in [-0.39, 0.29) is 11.6 Å². The van der Waals surface area contributed by atoms with Gasteiger partial charge in [0.25, 0.3) is 0 Å². The number of aromatic nitrogens is 2. The summed E-state index contributed by atoms with van der Waals surface area (Å²) >= 11 is 0. The topological polar surface area (TPSA) is 110 Å². The van der Waals surface area contributed by atoms with Crippen molar-refractivity contribution in [3.63, 3.8) is 0 Å². The van der Waals surface area contributed by atoms with Crippen molar-refractivity contribution in [1.29, 1.82) is 0 Å². The number of nitrogens with zero attached hydrogens (tertiary/aromatic N) is 3. The average molecular weight is 256 g/mol. The Morgan fingerprint density at radius 1 is 1.72 bits per heavy atom. The number of carboxylic acids is 1. The van der Waals surface area contributed by atoms with E-state index in [0.717, 1.165) is 12.8 Å². The third-order valence-corrected chi connectivity index (χ3v) is 2.55. The van der Waals surface area contributed by atoms with Gasteiger partial charge in [0.15, 0.2) is 0 Å². The van der Waals surface area contributed by atoms with Crippen LogP contribution in [0.3, 0.4) is 0 Å². The Bertz CT molecular complexity index is 443. The van der Waals surface area contributed by atoms with Gasteiger partial charge in [-0.15, -0.1) is 0 Å². The summed E-state index contributed by atoms with van der Waals surface area (Å²) in [5.41, 5.74) is 0. The summed E-state index contributed by atoms with van der Waals surface area (Å²) in [7, 11) is 1.57. The van der Waals surface area contributed by atoms with Crippen molar-refractivity contribution in [3.05, 3.63) is 16.4 Å². The maximum Gasteiger partial charge on any atom is 0.406 e. The van der Waals surface area contributed by atoms with Crippen LogP contribution < -0.4 is 5.32 Å². The first-order chi connectivity index (χ1) is 8.47. The zero-order valence-electron chi connectivity index (χ0n) is 10.3. The molecule has 0 aliphatic rings. The van der Waals surface area contributed by atoms with Crippen molar-refractivity contribution in [1.82, 2.24) is 9.55 Å². The first kappa shape index (κ1) is 13.9. The highest BCUT2D eigenvalue weighted by Gasteiger charge is 2.25. The number of nitrogens with one attached hydrogen (secondary N) is 1. The number of anilines is 1. The quantitative estimate of drug-likeness (QED) is 0.563. The number of hydrogen-bond acceptors (Lipinski definition) is 5. The largest absolute Gasteiger partial charge is 0.480 e. The first-order valence-electron chi connectivity index (χ1n) is 5.62. The van der Waals surface area contributed by atoms with Crippen LogP contribution in [0.15, 0.2) is 6.33 Å². The van der Waals surface area contributed by atoms with Crippen molar-refractivity contribution in [2.45, 2.75) is 32.2 Å². The third-order valence-electron chi connectivity index (χ3n) is 2.55. The normalized spacial score (nSPS) is 12.1. The Balaban J connectivity index is 2.89. The lowest BCUT2D eigenvalue weighted by Crippen LogP contribution is -2.30. The summed E-state index contributed by atoms with van der Waals surface area (Å²) in [6.45, 7) is 1.95. The molecule has 0 spiro atoms. The van der Waals surface area contributed by atoms with E-state index in [1.807, 2.05) is 6.92 Å². The van der Waals surface area contributed by atoms with Crippen LogP contribution in [0.5, 0.6) is 0 Å². The first-order valence-corrected chi connectivity index (χ1v) is 5.62. The minimum Gasteiger partial charge on any atom is -0.480 e. The van der Waals surface area contributed by atoms with Crippen LogP contribution in [0.1, 0.15) is 26.2 Å². The molecule has 2 N–H and O–H groups in total. The molecular weight excluding hydrogens is 240 g/mol. The molecule has 1 unspecified atom stereocenters. The molecule has 0 aliphatic heterocycles. The minimum absolute atomic E-state index is 0.114. The Morgan fingerprint density at radius 2 is 2.39 bits per heavy atom. The summed E-state index contributed by atoms with van der Waals surface area (Å²) in [6.07, 6.45) is 3.28. The van der Waals surface area contributed by atoms with Crippen LogP contribution in [0, 0.1) is 10.1 Å². The molecule has 1 aromatic heterocycles. The van der Waals surface area contributed by atoms with Crippen LogP contribution in [-0.4, -0.2) is 31.6 Å². The summed E-state index contributed by atoms with van der Waals surface area (Å²) in [6, 6.07) is -0.848. The van der Waals surface area contributed by atoms with Gasteiger partial charge in [0, 0.05) is 7.05 Å². The highest BCUT2D eigenvalue weighted by molar-refractivity contribution is 5.77. The Labute approximate surface area is 104 Å². The number of carboxylic acid groups (broad SMARTS) is 1. The fourth-order valence-electron chi connectivity index (χ4n) is 1.55. The monoisotopic (exact) mass is 256 g/mol. The van der Waals surface area contributed by atoms with E-state index in [2.05, 4.69) is 10.3 Å². The van der Waals surface area contributed by atoms with E-state index >= 15 is 0 Å². The number of carbonyl (C=O) groups is 1. The molecule has 8 heteroatoms. The van der Waals surface area contributed by atoms with Crippen LogP contribution in [-0.2, 0) is 11.8 Å². The van der Waals surface area contributed by atoms with Gasteiger partial charge >= 0.3 is 11.8 Å². The number of hydrogen-bond donors (Lipinski definition) is 2. The minimum atomic E-state index is -1.03. The van der Waals surface area contributed by atoms with Gasteiger partial charge in [-0.2, -0.15) is 0 Å². The number of aliphatic carboxylic acids is 1. The number of aryl methyl sites for hydroxylation is 1. The molecule has 0 aliphatic carbocycles. The highest BCUT2D eigenvalue weighted by atomic mass is 16.6. The Kier molecular flexibility index (Phi) is 4.64. The lowest BCUT2D eigenvalue weighted by Gasteiger charge is -2.14. The van der Waals surface area contributed by atoms with Crippen LogP contribution in [0.25, 0.3) is 0 Å². The van der Waals surface area contributed by atoms with E-state index < -0.39 is 16.9 Å². The van der Waals surface area contributed by atoms with E-state index in [1.165, 1.54) is 10.9 Å². The summed E-state index contributed by atoms with van der Waals surface area (Å²) in [4.78, 5) is 24.8. The Morgan fingerprint density at radius 3 is 2.89 bits per heavy atom. The van der Waals surface area contributed by atoms with E-state index in [9.17, 15) is 14.9 Å². The number of nitro groups is 1. The number of rotatable bonds is 7. The fraction of sp³-hybridized carbons (Fsp3) is 0.600. The molecule has 1 aromatic rings. The van der Waals surface area contributed by atoms with Crippen molar-refractivity contribution >= 4 is 17.6 Å². The van der Waals surface area contributed by atoms with Gasteiger partial charge in [-0.05, 0) is 16.3 Å². The second-order valence-electron chi connectivity index (χ2n) is 3.96. The number of unbranched alkanes of at least 4 members (excludes halogenated alkanes) is 1. The zero-order valence-corrected chi connectivity index (χ0v) is 10.3. The van der Waals surface area contributed by atoms with E-state index in [1.54, 1.807) is 7.05 Å². The molecule has 100 valence electrons. The molecular formula is C10H16N4O4. The van der Waals surface area contributed by atoms with Gasteiger partial charge in [-0.3, -0.25) is 4.57 Å². The molecule has 0 radical (unpaired) electrons. The van der Waals surface area contributed by atoms with Gasteiger partial charge in [-0.1, -0.05) is 19.8 Å². The molecule has 18 heavy (non-hydrogen) atoms. The fourth-order valence-corrected chi connectivity index (χ4v) is 1.55. The lowest BCUT2D eigenvalue weighted by molar-refractivity contribution is -0.388. The molecule has 0 bridgehead atoms. The molecule has 0 saturated carbocycles. The van der Waals surface area contributed by atoms with Crippen LogP contribution in [0.4, 0.5) is 11.6 Å². The SMILES string of the molecule is CCCCC(Nc1c([N+](=O)[O-])ncn1C)C(=O)O. The molecule has 0 aromatic carbocycles. The molecule has 0 saturated heterocycles. The van der Waals surface area contributed by atoms with Crippen LogP contribution in [0.2, 0.25) is 0 Å². The standard InChI is InChI=1S/C10H16N4O4/c1-3-4-5-7(10(15)16)12-9-8(14(17)18)11-6-13(9)2/h6-7,12H,3-5H2,1-2H3,(H,15,16). The molecule has 0 amide bonds. The van der Waals surface area contributed by atoms with Gasteiger partial charge in [0.2, 0.25) is 12.1 Å². The molecule has 1 heterocycles. The summed E-state index contributed by atoms with van der Waals surface area (Å²) < 4.78 is 1.40. The molecule has 1 rings (SSSR count). The summed E-state index contributed by atoms with van der Waals surface area (Å²) in [5.74, 6) is -1.28. The van der Waals surface area contributed by atoms with Crippen molar-refractivity contribution < 1.29 is 14.8 Å². The van der Waals surface area contributed by atoms with Crippen molar-refractivity contribution in [2.24, 2.45) is 7.05 Å². The maximum atomic E-state index is 11.1. The molecule has 0 fully saturated rings. The summed E-state index contributed by atoms with van der Waals surface area (Å²) in [5, 5.41) is 22.5. The van der Waals surface area contributed by atoms with Gasteiger partial charge in [0.05, 0.1) is 0 Å². The second-order valence-corrected chi connectivity index (χ2v) is 3.96. The third kappa shape index (κ3) is 3.19. The van der Waals surface area contributed by atoms with Gasteiger partial charge in [-0.25, -0.2) is 4.79 Å². The number of imidazole rings is 1. The van der Waals surface area contributed by atoms with Gasteiger partial charge < -0.3 is 20.5 Å². The van der Waals surface area contributed by atoms with Crippen molar-refractivity contribution in [2.75, 3.05) is 5.32 Å².